The molecule has 0 bridgehead atoms. The number of aromatic nitrogens is 1. The molecule has 1 aromatic rings. The zero-order valence-electron chi connectivity index (χ0n) is 9.44. The Balaban J connectivity index is 3.06. The topological polar surface area (TPSA) is 53.4 Å². The van der Waals surface area contributed by atoms with E-state index < -0.39 is 5.97 Å². The molecule has 1 aromatic heterocycles. The van der Waals surface area contributed by atoms with E-state index in [-0.39, 0.29) is 0 Å². The summed E-state index contributed by atoms with van der Waals surface area (Å²) in [6, 6.07) is 0. The minimum atomic E-state index is -0.878. The molecule has 0 fully saturated rings. The molecular formula is C10H16N2O2S. The van der Waals surface area contributed by atoms with E-state index >= 15 is 0 Å². The van der Waals surface area contributed by atoms with Crippen LogP contribution in [0.2, 0.25) is 0 Å². The predicted octanol–water partition coefficient (Wildman–Crippen LogP) is 2.11. The van der Waals surface area contributed by atoms with E-state index in [9.17, 15) is 4.79 Å². The van der Waals surface area contributed by atoms with Crippen LogP contribution in [0.25, 0.3) is 0 Å². The van der Waals surface area contributed by atoms with Crippen LogP contribution in [0.4, 0.5) is 5.13 Å². The Morgan fingerprint density at radius 2 is 2.13 bits per heavy atom. The normalized spacial score (nSPS) is 10.7. The third kappa shape index (κ3) is 2.92. The average molecular weight is 228 g/mol. The zero-order valence-corrected chi connectivity index (χ0v) is 10.3. The molecule has 0 aromatic carbocycles. The molecule has 0 radical (unpaired) electrons. The summed E-state index contributed by atoms with van der Waals surface area (Å²) in [5.74, 6) is -0.462. The van der Waals surface area contributed by atoms with Crippen molar-refractivity contribution in [1.82, 2.24) is 4.98 Å². The van der Waals surface area contributed by atoms with Gasteiger partial charge in [0.05, 0.1) is 5.69 Å². The highest BCUT2D eigenvalue weighted by molar-refractivity contribution is 7.17. The summed E-state index contributed by atoms with van der Waals surface area (Å²) in [5.41, 5.74) is 0.700. The van der Waals surface area contributed by atoms with Gasteiger partial charge in [0.15, 0.2) is 5.13 Å². The summed E-state index contributed by atoms with van der Waals surface area (Å²) in [5, 5.41) is 9.78. The first-order valence-corrected chi connectivity index (χ1v) is 5.63. The largest absolute Gasteiger partial charge is 0.477 e. The first kappa shape index (κ1) is 12.0. The number of anilines is 1. The van der Waals surface area contributed by atoms with Crippen LogP contribution in [0, 0.1) is 5.92 Å². The van der Waals surface area contributed by atoms with E-state index in [4.69, 9.17) is 5.11 Å². The highest BCUT2D eigenvalue weighted by atomic mass is 32.1. The number of thiazole rings is 1. The fraction of sp³-hybridized carbons (Fsp3) is 0.600. The van der Waals surface area contributed by atoms with Gasteiger partial charge in [-0.25, -0.2) is 9.78 Å². The molecule has 1 N–H and O–H groups in total. The number of carboxylic acids is 1. The molecule has 0 aliphatic rings. The molecule has 1 rings (SSSR count). The Morgan fingerprint density at radius 1 is 1.53 bits per heavy atom. The quantitative estimate of drug-likeness (QED) is 0.857. The van der Waals surface area contributed by atoms with Crippen LogP contribution >= 0.6 is 11.3 Å². The van der Waals surface area contributed by atoms with Gasteiger partial charge in [0.25, 0.3) is 0 Å². The number of carbonyl (C=O) groups is 1. The Hall–Kier alpha value is -1.10. The van der Waals surface area contributed by atoms with Crippen molar-refractivity contribution >= 4 is 22.4 Å². The minimum absolute atomic E-state index is 0.368. The van der Waals surface area contributed by atoms with Crippen LogP contribution in [-0.4, -0.2) is 30.2 Å². The number of rotatable bonds is 4. The summed E-state index contributed by atoms with van der Waals surface area (Å²) in [4.78, 5) is 17.5. The Kier molecular flexibility index (Phi) is 3.68. The lowest BCUT2D eigenvalue weighted by molar-refractivity contribution is 0.0700. The van der Waals surface area contributed by atoms with Gasteiger partial charge >= 0.3 is 5.97 Å². The lowest BCUT2D eigenvalue weighted by Crippen LogP contribution is -2.08. The van der Waals surface area contributed by atoms with Crippen molar-refractivity contribution < 1.29 is 9.90 Å². The smallest absolute Gasteiger partial charge is 0.347 e. The van der Waals surface area contributed by atoms with E-state index in [0.717, 1.165) is 5.13 Å². The van der Waals surface area contributed by atoms with Gasteiger partial charge in [-0.05, 0) is 12.3 Å². The Bertz CT molecular complexity index is 358. The lowest BCUT2D eigenvalue weighted by atomic mass is 10.1. The highest BCUT2D eigenvalue weighted by Crippen LogP contribution is 2.26. The summed E-state index contributed by atoms with van der Waals surface area (Å²) >= 11 is 1.23. The minimum Gasteiger partial charge on any atom is -0.477 e. The molecular weight excluding hydrogens is 212 g/mol. The second-order valence-electron chi connectivity index (χ2n) is 4.07. The monoisotopic (exact) mass is 228 g/mol. The molecule has 0 saturated carbocycles. The molecule has 4 nitrogen and oxygen atoms in total. The lowest BCUT2D eigenvalue weighted by Gasteiger charge is -2.05. The van der Waals surface area contributed by atoms with Crippen molar-refractivity contribution in [3.05, 3.63) is 10.6 Å². The summed E-state index contributed by atoms with van der Waals surface area (Å²) in [6.07, 6.45) is 0.714. The van der Waals surface area contributed by atoms with Crippen molar-refractivity contribution in [2.75, 3.05) is 19.0 Å². The maximum atomic E-state index is 11.0. The van der Waals surface area contributed by atoms with Crippen LogP contribution in [0.1, 0.15) is 29.2 Å². The number of aromatic carboxylic acids is 1. The van der Waals surface area contributed by atoms with Crippen LogP contribution in [0.3, 0.4) is 0 Å². The molecule has 15 heavy (non-hydrogen) atoms. The fourth-order valence-corrected chi connectivity index (χ4v) is 2.08. The third-order valence-corrected chi connectivity index (χ3v) is 3.12. The summed E-state index contributed by atoms with van der Waals surface area (Å²) < 4.78 is 0. The van der Waals surface area contributed by atoms with E-state index in [1.807, 2.05) is 19.0 Å². The molecule has 0 aliphatic heterocycles. The first-order chi connectivity index (χ1) is 6.91. The number of nitrogens with zero attached hydrogens (tertiary/aromatic N) is 2. The van der Waals surface area contributed by atoms with Gasteiger partial charge in [-0.3, -0.25) is 0 Å². The number of hydrogen-bond donors (Lipinski definition) is 1. The SMILES string of the molecule is CC(C)Cc1nc(N(C)C)sc1C(=O)O. The molecule has 0 spiro atoms. The molecule has 0 unspecified atom stereocenters. The fourth-order valence-electron chi connectivity index (χ4n) is 1.22. The standard InChI is InChI=1S/C10H16N2O2S/c1-6(2)5-7-8(9(13)14)15-10(11-7)12(3)4/h6H,5H2,1-4H3,(H,13,14). The summed E-state index contributed by atoms with van der Waals surface area (Å²) in [7, 11) is 3.73. The van der Waals surface area contributed by atoms with Crippen LogP contribution in [0.5, 0.6) is 0 Å². The van der Waals surface area contributed by atoms with Gasteiger partial charge < -0.3 is 10.0 Å². The number of carboxylic acid groups (broad SMARTS) is 1. The van der Waals surface area contributed by atoms with Crippen molar-refractivity contribution in [2.45, 2.75) is 20.3 Å². The number of hydrogen-bond acceptors (Lipinski definition) is 4. The molecule has 0 saturated heterocycles. The van der Waals surface area contributed by atoms with Crippen molar-refractivity contribution in [3.63, 3.8) is 0 Å². The highest BCUT2D eigenvalue weighted by Gasteiger charge is 2.18. The van der Waals surface area contributed by atoms with Crippen LogP contribution in [-0.2, 0) is 6.42 Å². The van der Waals surface area contributed by atoms with E-state index in [2.05, 4.69) is 18.8 Å². The van der Waals surface area contributed by atoms with Crippen LogP contribution in [0.15, 0.2) is 0 Å². The second-order valence-corrected chi connectivity index (χ2v) is 5.05. The molecule has 84 valence electrons. The first-order valence-electron chi connectivity index (χ1n) is 4.82. The van der Waals surface area contributed by atoms with Crippen molar-refractivity contribution in [1.29, 1.82) is 0 Å². The third-order valence-electron chi connectivity index (χ3n) is 1.86. The molecule has 0 amide bonds. The Morgan fingerprint density at radius 3 is 2.53 bits per heavy atom. The van der Waals surface area contributed by atoms with E-state index in [1.165, 1.54) is 11.3 Å². The van der Waals surface area contributed by atoms with Gasteiger partial charge in [-0.1, -0.05) is 25.2 Å². The van der Waals surface area contributed by atoms with Crippen molar-refractivity contribution in [2.24, 2.45) is 5.92 Å². The average Bonchev–Trinajstić information content (AvgIpc) is 2.46. The van der Waals surface area contributed by atoms with Gasteiger partial charge in [0.2, 0.25) is 0 Å². The maximum absolute atomic E-state index is 11.0. The van der Waals surface area contributed by atoms with Gasteiger partial charge in [0.1, 0.15) is 4.88 Å². The van der Waals surface area contributed by atoms with E-state index in [0.29, 0.717) is 22.9 Å². The van der Waals surface area contributed by atoms with Gasteiger partial charge in [-0.2, -0.15) is 0 Å². The van der Waals surface area contributed by atoms with Crippen molar-refractivity contribution in [3.8, 4) is 0 Å². The molecule has 1 heterocycles. The maximum Gasteiger partial charge on any atom is 0.347 e. The van der Waals surface area contributed by atoms with Gasteiger partial charge in [0, 0.05) is 14.1 Å². The molecule has 5 heteroatoms. The van der Waals surface area contributed by atoms with Crippen LogP contribution < -0.4 is 4.90 Å². The second kappa shape index (κ2) is 4.61. The predicted molar refractivity (Wildman–Crippen MR) is 61.9 cm³/mol. The van der Waals surface area contributed by atoms with Gasteiger partial charge in [-0.15, -0.1) is 0 Å². The molecule has 0 atom stereocenters. The zero-order chi connectivity index (χ0) is 11.6. The van der Waals surface area contributed by atoms with E-state index in [1.54, 1.807) is 0 Å². The summed E-state index contributed by atoms with van der Waals surface area (Å²) in [6.45, 7) is 4.11. The molecule has 0 aliphatic carbocycles. The Labute approximate surface area is 93.6 Å².